The number of carbonyl (C=O) groups excluding carboxylic acids is 1. The topological polar surface area (TPSA) is 131 Å². The van der Waals surface area contributed by atoms with Crippen LogP contribution in [0.2, 0.25) is 0 Å². The first-order valence-electron chi connectivity index (χ1n) is 7.23. The standard InChI is InChI=1S/C16H17N3O6/c1-16(2,3)25-15(24)18-12-11(14(22)23)8-17-19(12)10-6-4-9(5-7-10)13(20)21/h4-8H,1-3H3,(H,18,24)(H,20,21)(H,22,23). The van der Waals surface area contributed by atoms with Crippen LogP contribution >= 0.6 is 0 Å². The minimum absolute atomic E-state index is 0.0658. The Morgan fingerprint density at radius 2 is 1.68 bits per heavy atom. The Morgan fingerprint density at radius 3 is 2.16 bits per heavy atom. The number of anilines is 1. The lowest BCUT2D eigenvalue weighted by molar-refractivity contribution is 0.0633. The van der Waals surface area contributed by atoms with Gasteiger partial charge in [-0.15, -0.1) is 0 Å². The Kier molecular flexibility index (Phi) is 4.77. The highest BCUT2D eigenvalue weighted by Crippen LogP contribution is 2.22. The third-order valence-corrected chi connectivity index (χ3v) is 2.98. The summed E-state index contributed by atoms with van der Waals surface area (Å²) in [4.78, 5) is 34.2. The Morgan fingerprint density at radius 1 is 1.08 bits per heavy atom. The van der Waals surface area contributed by atoms with Gasteiger partial charge in [0.1, 0.15) is 11.2 Å². The fraction of sp³-hybridized carbons (Fsp3) is 0.250. The van der Waals surface area contributed by atoms with Crippen LogP contribution in [0.25, 0.3) is 5.69 Å². The minimum Gasteiger partial charge on any atom is -0.478 e. The predicted molar refractivity (Wildman–Crippen MR) is 87.3 cm³/mol. The highest BCUT2D eigenvalue weighted by Gasteiger charge is 2.23. The Bertz CT molecular complexity index is 817. The molecule has 1 amide bonds. The average Bonchev–Trinajstić information content (AvgIpc) is 2.89. The first-order chi connectivity index (χ1) is 11.6. The van der Waals surface area contributed by atoms with Gasteiger partial charge in [0.25, 0.3) is 0 Å². The summed E-state index contributed by atoms with van der Waals surface area (Å²) in [6.45, 7) is 5.02. The molecule has 0 aliphatic rings. The molecule has 0 saturated heterocycles. The molecule has 0 radical (unpaired) electrons. The number of amides is 1. The number of aromatic nitrogens is 2. The first-order valence-corrected chi connectivity index (χ1v) is 7.23. The number of ether oxygens (including phenoxy) is 1. The maximum absolute atomic E-state index is 12.0. The number of carbonyl (C=O) groups is 3. The van der Waals surface area contributed by atoms with Gasteiger partial charge in [-0.25, -0.2) is 19.1 Å². The van der Waals surface area contributed by atoms with Crippen LogP contribution < -0.4 is 5.32 Å². The van der Waals surface area contributed by atoms with Gasteiger partial charge in [0.2, 0.25) is 0 Å². The molecule has 0 fully saturated rings. The van der Waals surface area contributed by atoms with Crippen molar-refractivity contribution in [2.45, 2.75) is 26.4 Å². The Labute approximate surface area is 142 Å². The molecule has 9 heteroatoms. The van der Waals surface area contributed by atoms with Crippen molar-refractivity contribution in [3.8, 4) is 5.69 Å². The molecule has 0 aliphatic heterocycles. The SMILES string of the molecule is CC(C)(C)OC(=O)Nc1c(C(=O)O)cnn1-c1ccc(C(=O)O)cc1. The molecule has 1 aromatic heterocycles. The largest absolute Gasteiger partial charge is 0.478 e. The van der Waals surface area contributed by atoms with Gasteiger partial charge in [0, 0.05) is 0 Å². The molecule has 0 bridgehead atoms. The quantitative estimate of drug-likeness (QED) is 0.774. The van der Waals surface area contributed by atoms with Crippen molar-refractivity contribution in [3.63, 3.8) is 0 Å². The second-order valence-corrected chi connectivity index (χ2v) is 6.10. The maximum Gasteiger partial charge on any atom is 0.413 e. The van der Waals surface area contributed by atoms with E-state index in [0.717, 1.165) is 6.20 Å². The van der Waals surface area contributed by atoms with E-state index in [1.807, 2.05) is 0 Å². The highest BCUT2D eigenvalue weighted by atomic mass is 16.6. The van der Waals surface area contributed by atoms with E-state index in [0.29, 0.717) is 5.69 Å². The highest BCUT2D eigenvalue weighted by molar-refractivity contribution is 5.98. The van der Waals surface area contributed by atoms with Gasteiger partial charge in [0.15, 0.2) is 5.82 Å². The molecule has 0 saturated carbocycles. The number of benzene rings is 1. The van der Waals surface area contributed by atoms with E-state index in [4.69, 9.17) is 9.84 Å². The zero-order valence-electron chi connectivity index (χ0n) is 13.8. The maximum atomic E-state index is 12.0. The number of carboxylic acid groups (broad SMARTS) is 2. The summed E-state index contributed by atoms with van der Waals surface area (Å²) in [6, 6.07) is 5.58. The number of hydrogen-bond acceptors (Lipinski definition) is 5. The van der Waals surface area contributed by atoms with Crippen LogP contribution in [0.3, 0.4) is 0 Å². The fourth-order valence-electron chi connectivity index (χ4n) is 1.97. The second kappa shape index (κ2) is 6.63. The smallest absolute Gasteiger partial charge is 0.413 e. The molecule has 0 atom stereocenters. The summed E-state index contributed by atoms with van der Waals surface area (Å²) in [6.07, 6.45) is 0.249. The predicted octanol–water partition coefficient (Wildman–Crippen LogP) is 2.62. The van der Waals surface area contributed by atoms with Crippen LogP contribution in [0, 0.1) is 0 Å². The van der Waals surface area contributed by atoms with Crippen molar-refractivity contribution in [2.75, 3.05) is 5.32 Å². The number of aromatic carboxylic acids is 2. The van der Waals surface area contributed by atoms with Crippen LogP contribution in [-0.4, -0.2) is 43.6 Å². The van der Waals surface area contributed by atoms with Crippen molar-refractivity contribution in [2.24, 2.45) is 0 Å². The van der Waals surface area contributed by atoms with Crippen molar-refractivity contribution in [1.29, 1.82) is 0 Å². The van der Waals surface area contributed by atoms with E-state index < -0.39 is 23.6 Å². The van der Waals surface area contributed by atoms with Gasteiger partial charge in [-0.1, -0.05) is 0 Å². The van der Waals surface area contributed by atoms with Crippen molar-refractivity contribution in [3.05, 3.63) is 41.6 Å². The summed E-state index contributed by atoms with van der Waals surface area (Å²) < 4.78 is 6.30. The van der Waals surface area contributed by atoms with Crippen LogP contribution in [0.1, 0.15) is 41.5 Å². The normalized spacial score (nSPS) is 11.0. The van der Waals surface area contributed by atoms with Crippen LogP contribution in [0.5, 0.6) is 0 Å². The Balaban J connectivity index is 2.40. The molecule has 2 aromatic rings. The number of nitrogens with zero attached hydrogens (tertiary/aromatic N) is 2. The summed E-state index contributed by atoms with van der Waals surface area (Å²) in [5.41, 5.74) is -0.547. The van der Waals surface area contributed by atoms with Crippen LogP contribution in [0.15, 0.2) is 30.5 Å². The van der Waals surface area contributed by atoms with E-state index in [-0.39, 0.29) is 16.9 Å². The lowest BCUT2D eigenvalue weighted by Crippen LogP contribution is -2.28. The molecule has 3 N–H and O–H groups in total. The molecule has 0 spiro atoms. The van der Waals surface area contributed by atoms with Crippen molar-refractivity contribution >= 4 is 23.8 Å². The number of hydrogen-bond donors (Lipinski definition) is 3. The monoisotopic (exact) mass is 347 g/mol. The minimum atomic E-state index is -1.28. The summed E-state index contributed by atoms with van der Waals surface area (Å²) in [5.74, 6) is -2.46. The molecule has 0 unspecified atom stereocenters. The second-order valence-electron chi connectivity index (χ2n) is 6.10. The van der Waals surface area contributed by atoms with E-state index >= 15 is 0 Å². The van der Waals surface area contributed by atoms with Gasteiger partial charge in [-0.05, 0) is 45.0 Å². The lowest BCUT2D eigenvalue weighted by Gasteiger charge is -2.20. The molecule has 132 valence electrons. The summed E-state index contributed by atoms with van der Waals surface area (Å²) in [5, 5.41) is 24.5. The first kappa shape index (κ1) is 18.0. The molecule has 2 rings (SSSR count). The van der Waals surface area contributed by atoms with Crippen molar-refractivity contribution in [1.82, 2.24) is 9.78 Å². The molecular weight excluding hydrogens is 330 g/mol. The zero-order valence-corrected chi connectivity index (χ0v) is 13.8. The summed E-state index contributed by atoms with van der Waals surface area (Å²) in [7, 11) is 0. The average molecular weight is 347 g/mol. The molecule has 1 aromatic carbocycles. The number of rotatable bonds is 4. The van der Waals surface area contributed by atoms with Gasteiger partial charge in [-0.3, -0.25) is 5.32 Å². The van der Waals surface area contributed by atoms with E-state index in [1.165, 1.54) is 28.9 Å². The summed E-state index contributed by atoms with van der Waals surface area (Å²) >= 11 is 0. The molecule has 1 heterocycles. The fourth-order valence-corrected chi connectivity index (χ4v) is 1.97. The van der Waals surface area contributed by atoms with Gasteiger partial charge in [0.05, 0.1) is 17.4 Å². The van der Waals surface area contributed by atoms with Crippen molar-refractivity contribution < 1.29 is 29.3 Å². The van der Waals surface area contributed by atoms with Gasteiger partial charge >= 0.3 is 18.0 Å². The Hall–Kier alpha value is -3.36. The number of carboxylic acids is 2. The zero-order chi connectivity index (χ0) is 18.8. The van der Waals surface area contributed by atoms with E-state index in [1.54, 1.807) is 20.8 Å². The molecule has 0 aliphatic carbocycles. The van der Waals surface area contributed by atoms with E-state index in [2.05, 4.69) is 10.4 Å². The van der Waals surface area contributed by atoms with Gasteiger partial charge in [-0.2, -0.15) is 5.10 Å². The molecule has 9 nitrogen and oxygen atoms in total. The van der Waals surface area contributed by atoms with Crippen LogP contribution in [0.4, 0.5) is 10.6 Å². The van der Waals surface area contributed by atoms with E-state index in [9.17, 15) is 19.5 Å². The third kappa shape index (κ3) is 4.34. The number of nitrogens with one attached hydrogen (secondary N) is 1. The van der Waals surface area contributed by atoms with Gasteiger partial charge < -0.3 is 14.9 Å². The molecular formula is C16H17N3O6. The molecule has 25 heavy (non-hydrogen) atoms. The van der Waals surface area contributed by atoms with Crippen LogP contribution in [-0.2, 0) is 4.74 Å². The third-order valence-electron chi connectivity index (χ3n) is 2.98. The lowest BCUT2D eigenvalue weighted by atomic mass is 10.2.